The van der Waals surface area contributed by atoms with E-state index in [9.17, 15) is 23.2 Å². The van der Waals surface area contributed by atoms with Crippen LogP contribution in [0.5, 0.6) is 5.75 Å². The van der Waals surface area contributed by atoms with Gasteiger partial charge in [0.25, 0.3) is 5.91 Å². The first-order valence-corrected chi connectivity index (χ1v) is 10.0. The third-order valence-corrected chi connectivity index (χ3v) is 6.17. The molecule has 3 fully saturated rings. The van der Waals surface area contributed by atoms with Crippen LogP contribution in [0, 0.1) is 17.6 Å². The lowest BCUT2D eigenvalue weighted by atomic mass is 9.87. The number of urea groups is 1. The molecule has 4 amide bonds. The number of hydrogen-bond acceptors (Lipinski definition) is 5. The van der Waals surface area contributed by atoms with Crippen LogP contribution in [-0.2, 0) is 9.59 Å². The van der Waals surface area contributed by atoms with Crippen LogP contribution in [0.4, 0.5) is 19.3 Å². The van der Waals surface area contributed by atoms with Crippen molar-refractivity contribution in [2.24, 2.45) is 5.92 Å². The van der Waals surface area contributed by atoms with Crippen molar-refractivity contribution in [3.8, 4) is 5.75 Å². The maximum atomic E-state index is 13.8. The van der Waals surface area contributed by atoms with Crippen LogP contribution >= 0.6 is 0 Å². The molecule has 1 saturated carbocycles. The molecule has 2 heterocycles. The predicted molar refractivity (Wildman–Crippen MR) is 103 cm³/mol. The number of rotatable bonds is 6. The average molecular weight is 422 g/mol. The fourth-order valence-corrected chi connectivity index (χ4v) is 4.31. The molecule has 8 nitrogen and oxygen atoms in total. The van der Waals surface area contributed by atoms with Gasteiger partial charge < -0.3 is 19.9 Å². The van der Waals surface area contributed by atoms with Gasteiger partial charge in [0.15, 0.2) is 11.6 Å². The van der Waals surface area contributed by atoms with Gasteiger partial charge in [0.2, 0.25) is 11.7 Å². The van der Waals surface area contributed by atoms with Crippen LogP contribution in [0.25, 0.3) is 0 Å². The number of piperazine rings is 1. The van der Waals surface area contributed by atoms with E-state index in [0.29, 0.717) is 31.9 Å². The van der Waals surface area contributed by atoms with E-state index in [1.54, 1.807) is 4.90 Å². The van der Waals surface area contributed by atoms with E-state index in [1.807, 2.05) is 4.90 Å². The number of amides is 4. The van der Waals surface area contributed by atoms with E-state index >= 15 is 0 Å². The Morgan fingerprint density at radius 3 is 2.47 bits per heavy atom. The molecular formula is C20H24F2N4O4. The first-order chi connectivity index (χ1) is 14.3. The fraction of sp³-hybridized carbons (Fsp3) is 0.550. The van der Waals surface area contributed by atoms with E-state index < -0.39 is 23.2 Å². The minimum atomic E-state index is -1.03. The Morgan fingerprint density at radius 2 is 1.90 bits per heavy atom. The lowest BCUT2D eigenvalue weighted by molar-refractivity contribution is -0.132. The molecule has 30 heavy (non-hydrogen) atoms. The molecule has 4 rings (SSSR count). The zero-order chi connectivity index (χ0) is 21.5. The second-order valence-corrected chi connectivity index (χ2v) is 7.97. The maximum Gasteiger partial charge on any atom is 0.322 e. The number of carbonyl (C=O) groups is 3. The second kappa shape index (κ2) is 7.73. The first-order valence-electron chi connectivity index (χ1n) is 10.0. The van der Waals surface area contributed by atoms with Crippen molar-refractivity contribution in [2.75, 3.05) is 38.2 Å². The number of halogens is 2. The van der Waals surface area contributed by atoms with Crippen molar-refractivity contribution >= 4 is 23.5 Å². The van der Waals surface area contributed by atoms with Gasteiger partial charge in [0.1, 0.15) is 5.54 Å². The van der Waals surface area contributed by atoms with Crippen molar-refractivity contribution in [1.29, 1.82) is 0 Å². The summed E-state index contributed by atoms with van der Waals surface area (Å²) in [5.41, 5.74) is -0.479. The van der Waals surface area contributed by atoms with Crippen LogP contribution in [0.2, 0.25) is 0 Å². The largest absolute Gasteiger partial charge is 0.493 e. The average Bonchev–Trinajstić information content (AvgIpc) is 3.54. The SMILES string of the molecule is COc1cc(N2CCN(C(=O)CCC3(C4CC4)NC(=O)NC3=O)CC2)cc(F)c1F. The van der Waals surface area contributed by atoms with Crippen molar-refractivity contribution in [1.82, 2.24) is 15.5 Å². The molecule has 2 aliphatic heterocycles. The van der Waals surface area contributed by atoms with Gasteiger partial charge in [0, 0.05) is 50.4 Å². The Balaban J connectivity index is 1.34. The molecule has 1 unspecified atom stereocenters. The summed E-state index contributed by atoms with van der Waals surface area (Å²) in [5.74, 6) is -2.53. The first kappa shape index (κ1) is 20.4. The summed E-state index contributed by atoms with van der Waals surface area (Å²) in [5, 5.41) is 5.02. The number of nitrogens with one attached hydrogen (secondary N) is 2. The number of benzene rings is 1. The Hall–Kier alpha value is -2.91. The fourth-order valence-electron chi connectivity index (χ4n) is 4.31. The van der Waals surface area contributed by atoms with Crippen LogP contribution in [0.3, 0.4) is 0 Å². The molecule has 2 N–H and O–H groups in total. The predicted octanol–water partition coefficient (Wildman–Crippen LogP) is 1.39. The Labute approximate surface area is 172 Å². The zero-order valence-corrected chi connectivity index (χ0v) is 16.7. The highest BCUT2D eigenvalue weighted by Gasteiger charge is 2.55. The van der Waals surface area contributed by atoms with Gasteiger partial charge in [0.05, 0.1) is 7.11 Å². The molecule has 1 aromatic rings. The molecule has 1 aliphatic carbocycles. The molecule has 0 radical (unpaired) electrons. The summed E-state index contributed by atoms with van der Waals surface area (Å²) < 4.78 is 32.3. The molecule has 1 aromatic carbocycles. The van der Waals surface area contributed by atoms with Gasteiger partial charge in [-0.05, 0) is 25.2 Å². The second-order valence-electron chi connectivity index (χ2n) is 7.97. The Kier molecular flexibility index (Phi) is 5.25. The van der Waals surface area contributed by atoms with Crippen molar-refractivity contribution in [3.05, 3.63) is 23.8 Å². The molecule has 2 saturated heterocycles. The van der Waals surface area contributed by atoms with Gasteiger partial charge in [-0.2, -0.15) is 4.39 Å². The maximum absolute atomic E-state index is 13.8. The summed E-state index contributed by atoms with van der Waals surface area (Å²) in [4.78, 5) is 40.2. The van der Waals surface area contributed by atoms with Crippen LogP contribution in [-0.4, -0.2) is 61.6 Å². The van der Waals surface area contributed by atoms with Crippen LogP contribution in [0.15, 0.2) is 12.1 Å². The van der Waals surface area contributed by atoms with Gasteiger partial charge in [-0.3, -0.25) is 14.9 Å². The quantitative estimate of drug-likeness (QED) is 0.677. The number of nitrogens with zero attached hydrogens (tertiary/aromatic N) is 2. The number of imide groups is 1. The molecule has 162 valence electrons. The van der Waals surface area contributed by atoms with Gasteiger partial charge in [-0.1, -0.05) is 0 Å². The third kappa shape index (κ3) is 3.66. The van der Waals surface area contributed by atoms with E-state index in [-0.39, 0.29) is 36.3 Å². The van der Waals surface area contributed by atoms with E-state index in [0.717, 1.165) is 18.9 Å². The number of carbonyl (C=O) groups excluding carboxylic acids is 3. The molecule has 1 atom stereocenters. The smallest absolute Gasteiger partial charge is 0.322 e. The zero-order valence-electron chi connectivity index (χ0n) is 16.7. The summed E-state index contributed by atoms with van der Waals surface area (Å²) in [7, 11) is 1.28. The van der Waals surface area contributed by atoms with Crippen molar-refractivity contribution in [3.63, 3.8) is 0 Å². The lowest BCUT2D eigenvalue weighted by Crippen LogP contribution is -2.51. The minimum absolute atomic E-state index is 0.0805. The van der Waals surface area contributed by atoms with E-state index in [2.05, 4.69) is 10.6 Å². The van der Waals surface area contributed by atoms with Crippen molar-refractivity contribution < 1.29 is 27.9 Å². The molecule has 0 spiro atoms. The highest BCUT2D eigenvalue weighted by molar-refractivity contribution is 6.07. The Bertz CT molecular complexity index is 884. The standard InChI is InChI=1S/C20H24F2N4O4/c1-30-15-11-13(10-14(21)17(15)22)25-6-8-26(9-7-25)16(27)4-5-20(12-2-3-12)18(28)23-19(29)24-20/h10-12H,2-9H2,1H3,(H2,23,24,28,29). The van der Waals surface area contributed by atoms with E-state index in [4.69, 9.17) is 4.74 Å². The third-order valence-electron chi connectivity index (χ3n) is 6.17. The summed E-state index contributed by atoms with van der Waals surface area (Å²) in [6.07, 6.45) is 2.15. The molecule has 0 bridgehead atoms. The number of methoxy groups -OCH3 is 1. The number of hydrogen-bond donors (Lipinski definition) is 2. The van der Waals surface area contributed by atoms with E-state index in [1.165, 1.54) is 13.2 Å². The molecule has 0 aromatic heterocycles. The minimum Gasteiger partial charge on any atom is -0.493 e. The highest BCUT2D eigenvalue weighted by atomic mass is 19.2. The van der Waals surface area contributed by atoms with Crippen molar-refractivity contribution in [2.45, 2.75) is 31.2 Å². The topological polar surface area (TPSA) is 91.0 Å². The molecular weight excluding hydrogens is 398 g/mol. The Morgan fingerprint density at radius 1 is 1.20 bits per heavy atom. The van der Waals surface area contributed by atoms with Gasteiger partial charge >= 0.3 is 6.03 Å². The van der Waals surface area contributed by atoms with Crippen LogP contribution in [0.1, 0.15) is 25.7 Å². The molecule has 10 heteroatoms. The summed E-state index contributed by atoms with van der Waals surface area (Å²) in [6, 6.07) is 2.06. The number of ether oxygens (including phenoxy) is 1. The van der Waals surface area contributed by atoms with Gasteiger partial charge in [-0.15, -0.1) is 0 Å². The summed E-state index contributed by atoms with van der Waals surface area (Å²) in [6.45, 7) is 1.78. The normalized spacial score (nSPS) is 24.0. The van der Waals surface area contributed by atoms with Gasteiger partial charge in [-0.25, -0.2) is 9.18 Å². The summed E-state index contributed by atoms with van der Waals surface area (Å²) >= 11 is 0. The van der Waals surface area contributed by atoms with Crippen LogP contribution < -0.4 is 20.3 Å². The number of anilines is 1. The highest BCUT2D eigenvalue weighted by Crippen LogP contribution is 2.43. The lowest BCUT2D eigenvalue weighted by Gasteiger charge is -2.37. The monoisotopic (exact) mass is 422 g/mol. The molecule has 3 aliphatic rings.